The molecule has 0 spiro atoms. The van der Waals surface area contributed by atoms with Crippen molar-refractivity contribution in [1.82, 2.24) is 14.5 Å². The van der Waals surface area contributed by atoms with Crippen molar-refractivity contribution in [3.8, 4) is 5.13 Å². The van der Waals surface area contributed by atoms with Crippen LogP contribution in [0.3, 0.4) is 0 Å². The second-order valence-corrected chi connectivity index (χ2v) is 4.61. The van der Waals surface area contributed by atoms with Gasteiger partial charge in [0.15, 0.2) is 5.13 Å². The molecule has 2 heterocycles. The molecule has 3 nitrogen and oxygen atoms in total. The number of rotatable bonds is 1. The van der Waals surface area contributed by atoms with Crippen LogP contribution in [0.2, 0.25) is 0 Å². The lowest BCUT2D eigenvalue weighted by molar-refractivity contribution is 0.681. The summed E-state index contributed by atoms with van der Waals surface area (Å²) in [4.78, 5) is 10.1. The van der Waals surface area contributed by atoms with Crippen molar-refractivity contribution < 1.29 is 0 Å². The minimum absolute atomic E-state index is 1.06. The van der Waals surface area contributed by atoms with E-state index < -0.39 is 0 Å². The van der Waals surface area contributed by atoms with Crippen LogP contribution in [0.15, 0.2) is 18.7 Å². The minimum Gasteiger partial charge on any atom is -0.282 e. The van der Waals surface area contributed by atoms with Crippen LogP contribution in [0.1, 0.15) is 23.4 Å². The molecule has 0 aromatic carbocycles. The van der Waals surface area contributed by atoms with Gasteiger partial charge in [0.05, 0.1) is 5.69 Å². The van der Waals surface area contributed by atoms with Gasteiger partial charge in [-0.25, -0.2) is 9.97 Å². The Morgan fingerprint density at radius 1 is 1.29 bits per heavy atom. The van der Waals surface area contributed by atoms with Gasteiger partial charge < -0.3 is 0 Å². The van der Waals surface area contributed by atoms with Gasteiger partial charge in [-0.15, -0.1) is 11.3 Å². The Labute approximate surface area is 86.4 Å². The van der Waals surface area contributed by atoms with Crippen molar-refractivity contribution in [2.45, 2.75) is 25.7 Å². The van der Waals surface area contributed by atoms with Gasteiger partial charge in [-0.05, 0) is 25.7 Å². The first-order valence-electron chi connectivity index (χ1n) is 4.90. The molecule has 3 rings (SSSR count). The van der Waals surface area contributed by atoms with E-state index in [4.69, 9.17) is 0 Å². The molecule has 0 aliphatic heterocycles. The lowest BCUT2D eigenvalue weighted by Gasteiger charge is -2.06. The van der Waals surface area contributed by atoms with Crippen LogP contribution in [0, 0.1) is 0 Å². The predicted molar refractivity (Wildman–Crippen MR) is 55.9 cm³/mol. The maximum absolute atomic E-state index is 4.63. The van der Waals surface area contributed by atoms with Crippen molar-refractivity contribution in [2.24, 2.45) is 0 Å². The first kappa shape index (κ1) is 8.17. The zero-order chi connectivity index (χ0) is 9.38. The van der Waals surface area contributed by atoms with Gasteiger partial charge in [-0.1, -0.05) is 0 Å². The summed E-state index contributed by atoms with van der Waals surface area (Å²) < 4.78 is 1.99. The Morgan fingerprint density at radius 3 is 3.00 bits per heavy atom. The Morgan fingerprint density at radius 2 is 2.21 bits per heavy atom. The van der Waals surface area contributed by atoms with Gasteiger partial charge >= 0.3 is 0 Å². The van der Waals surface area contributed by atoms with Gasteiger partial charge in [-0.3, -0.25) is 4.57 Å². The minimum atomic E-state index is 1.06. The Kier molecular flexibility index (Phi) is 1.87. The Bertz CT molecular complexity index is 407. The average Bonchev–Trinajstić information content (AvgIpc) is 2.86. The summed E-state index contributed by atoms with van der Waals surface area (Å²) in [6, 6.07) is 0. The third kappa shape index (κ3) is 1.26. The maximum atomic E-state index is 4.63. The van der Waals surface area contributed by atoms with E-state index in [1.807, 2.05) is 17.1 Å². The highest BCUT2D eigenvalue weighted by Gasteiger charge is 2.15. The maximum Gasteiger partial charge on any atom is 0.195 e. The fourth-order valence-corrected chi connectivity index (χ4v) is 2.92. The van der Waals surface area contributed by atoms with Crippen LogP contribution >= 0.6 is 11.3 Å². The Hall–Kier alpha value is -1.16. The molecule has 0 saturated heterocycles. The molecule has 0 saturated carbocycles. The molecule has 0 unspecified atom stereocenters. The van der Waals surface area contributed by atoms with E-state index in [1.54, 1.807) is 17.5 Å². The zero-order valence-electron chi connectivity index (χ0n) is 7.81. The van der Waals surface area contributed by atoms with Gasteiger partial charge in [-0.2, -0.15) is 0 Å². The molecular weight excluding hydrogens is 194 g/mol. The average molecular weight is 205 g/mol. The number of thiazole rings is 1. The molecule has 0 bridgehead atoms. The molecular formula is C10H11N3S. The summed E-state index contributed by atoms with van der Waals surface area (Å²) in [7, 11) is 0. The van der Waals surface area contributed by atoms with Crippen LogP contribution in [0.25, 0.3) is 5.13 Å². The fraction of sp³-hybridized carbons (Fsp3) is 0.400. The molecule has 0 radical (unpaired) electrons. The van der Waals surface area contributed by atoms with Crippen molar-refractivity contribution in [2.75, 3.05) is 0 Å². The molecule has 14 heavy (non-hydrogen) atoms. The number of nitrogens with zero attached hydrogens (tertiary/aromatic N) is 3. The molecule has 1 aliphatic rings. The monoisotopic (exact) mass is 205 g/mol. The van der Waals surface area contributed by atoms with Crippen molar-refractivity contribution in [3.05, 3.63) is 29.3 Å². The highest BCUT2D eigenvalue weighted by molar-refractivity contribution is 7.14. The van der Waals surface area contributed by atoms with Gasteiger partial charge in [0, 0.05) is 17.3 Å². The van der Waals surface area contributed by atoms with Crippen molar-refractivity contribution in [1.29, 1.82) is 0 Å². The molecule has 0 amide bonds. The van der Waals surface area contributed by atoms with E-state index in [0.29, 0.717) is 0 Å². The summed E-state index contributed by atoms with van der Waals surface area (Å²) >= 11 is 1.80. The second kappa shape index (κ2) is 3.20. The third-order valence-corrected chi connectivity index (χ3v) is 3.73. The summed E-state index contributed by atoms with van der Waals surface area (Å²) in [6.45, 7) is 0. The highest BCUT2D eigenvalue weighted by Crippen LogP contribution is 2.28. The van der Waals surface area contributed by atoms with Crippen LogP contribution in [-0.2, 0) is 12.8 Å². The van der Waals surface area contributed by atoms with Crippen LogP contribution in [-0.4, -0.2) is 14.5 Å². The molecule has 0 N–H and O–H groups in total. The highest BCUT2D eigenvalue weighted by atomic mass is 32.1. The van der Waals surface area contributed by atoms with Crippen LogP contribution < -0.4 is 0 Å². The van der Waals surface area contributed by atoms with E-state index >= 15 is 0 Å². The molecule has 0 fully saturated rings. The number of aryl methyl sites for hydroxylation is 2. The normalized spacial score (nSPS) is 15.4. The van der Waals surface area contributed by atoms with E-state index in [-0.39, 0.29) is 0 Å². The molecule has 2 aromatic heterocycles. The number of hydrogen-bond acceptors (Lipinski definition) is 3. The van der Waals surface area contributed by atoms with Gasteiger partial charge in [0.25, 0.3) is 0 Å². The van der Waals surface area contributed by atoms with E-state index in [1.165, 1.54) is 29.8 Å². The van der Waals surface area contributed by atoms with Crippen molar-refractivity contribution >= 4 is 11.3 Å². The lowest BCUT2D eigenvalue weighted by Crippen LogP contribution is -1.99. The van der Waals surface area contributed by atoms with E-state index in [2.05, 4.69) is 9.97 Å². The predicted octanol–water partition coefficient (Wildman–Crippen LogP) is 2.21. The quantitative estimate of drug-likeness (QED) is 0.714. The third-order valence-electron chi connectivity index (χ3n) is 2.56. The number of fused-ring (bicyclic) bond motifs is 1. The molecule has 0 atom stereocenters. The van der Waals surface area contributed by atoms with E-state index in [0.717, 1.165) is 11.6 Å². The molecule has 4 heteroatoms. The fourth-order valence-electron chi connectivity index (χ4n) is 1.82. The summed E-state index contributed by atoms with van der Waals surface area (Å²) in [5.41, 5.74) is 1.31. The summed E-state index contributed by atoms with van der Waals surface area (Å²) in [5, 5.41) is 1.06. The first-order valence-corrected chi connectivity index (χ1v) is 5.72. The number of imidazole rings is 1. The second-order valence-electron chi connectivity index (χ2n) is 3.54. The molecule has 1 aliphatic carbocycles. The standard InChI is InChI=1S/C10H11N3S/c1-2-4-9-8(3-1)12-10(14-9)13-6-5-11-7-13/h5-7H,1-4H2. The van der Waals surface area contributed by atoms with Crippen molar-refractivity contribution in [3.63, 3.8) is 0 Å². The van der Waals surface area contributed by atoms with Crippen LogP contribution in [0.4, 0.5) is 0 Å². The number of hydrogen-bond donors (Lipinski definition) is 0. The molecule has 72 valence electrons. The smallest absolute Gasteiger partial charge is 0.195 e. The first-order chi connectivity index (χ1) is 6.93. The van der Waals surface area contributed by atoms with Crippen LogP contribution in [0.5, 0.6) is 0 Å². The van der Waals surface area contributed by atoms with Gasteiger partial charge in [0.1, 0.15) is 6.33 Å². The topological polar surface area (TPSA) is 30.7 Å². The SMILES string of the molecule is c1cn(-c2nc3c(s2)CCCC3)cn1. The van der Waals surface area contributed by atoms with Gasteiger partial charge in [0.2, 0.25) is 0 Å². The summed E-state index contributed by atoms with van der Waals surface area (Å²) in [5.74, 6) is 0. The molecule has 2 aromatic rings. The lowest BCUT2D eigenvalue weighted by atomic mass is 10.0. The summed E-state index contributed by atoms with van der Waals surface area (Å²) in [6.07, 6.45) is 10.5. The Balaban J connectivity index is 2.04. The van der Waals surface area contributed by atoms with E-state index in [9.17, 15) is 0 Å². The largest absolute Gasteiger partial charge is 0.282 e. The zero-order valence-corrected chi connectivity index (χ0v) is 8.63. The number of aromatic nitrogens is 3.